The van der Waals surface area contributed by atoms with Crippen LogP contribution < -0.4 is 0 Å². The van der Waals surface area contributed by atoms with Crippen LogP contribution in [0.15, 0.2) is 24.3 Å². The number of hydrogen-bond donors (Lipinski definition) is 0. The van der Waals surface area contributed by atoms with E-state index in [4.69, 9.17) is 16.3 Å². The molecule has 1 atom stereocenters. The number of hydrogen-bond acceptors (Lipinski definition) is 3. The highest BCUT2D eigenvalue weighted by molar-refractivity contribution is 6.30. The molecule has 0 aliphatic heterocycles. The van der Waals surface area contributed by atoms with Gasteiger partial charge < -0.3 is 9.47 Å². The molecule has 0 N–H and O–H groups in total. The molecular formula is C10H11ClO3. The van der Waals surface area contributed by atoms with Crippen LogP contribution in [-0.2, 0) is 14.3 Å². The molecule has 3 nitrogen and oxygen atoms in total. The third-order valence-corrected chi connectivity index (χ3v) is 2.08. The topological polar surface area (TPSA) is 35.5 Å². The van der Waals surface area contributed by atoms with Gasteiger partial charge in [-0.1, -0.05) is 23.7 Å². The van der Waals surface area contributed by atoms with Gasteiger partial charge in [-0.2, -0.15) is 0 Å². The Morgan fingerprint density at radius 3 is 2.29 bits per heavy atom. The molecule has 0 aliphatic carbocycles. The van der Waals surface area contributed by atoms with E-state index in [1.165, 1.54) is 14.2 Å². The predicted octanol–water partition coefficient (Wildman–Crippen LogP) is 2.20. The first-order chi connectivity index (χ1) is 6.69. The zero-order valence-electron chi connectivity index (χ0n) is 7.99. The molecule has 0 aromatic heterocycles. The minimum absolute atomic E-state index is 0.421. The zero-order chi connectivity index (χ0) is 10.6. The van der Waals surface area contributed by atoms with Crippen LogP contribution in [0.25, 0.3) is 0 Å². The molecule has 1 aromatic rings. The fourth-order valence-corrected chi connectivity index (χ4v) is 1.24. The SMILES string of the molecule is COC(=O)[C@H](OC)c1ccc(Cl)cc1. The van der Waals surface area contributed by atoms with Gasteiger partial charge in [0.15, 0.2) is 6.10 Å². The highest BCUT2D eigenvalue weighted by Gasteiger charge is 2.20. The van der Waals surface area contributed by atoms with E-state index in [0.29, 0.717) is 5.02 Å². The van der Waals surface area contributed by atoms with E-state index in [0.717, 1.165) is 5.56 Å². The first-order valence-electron chi connectivity index (χ1n) is 4.05. The van der Waals surface area contributed by atoms with E-state index >= 15 is 0 Å². The second-order valence-electron chi connectivity index (χ2n) is 2.69. The molecule has 14 heavy (non-hydrogen) atoms. The van der Waals surface area contributed by atoms with Crippen molar-refractivity contribution in [2.45, 2.75) is 6.10 Å². The van der Waals surface area contributed by atoms with Crippen LogP contribution in [0, 0.1) is 0 Å². The first kappa shape index (κ1) is 11.0. The number of ether oxygens (including phenoxy) is 2. The molecule has 0 unspecified atom stereocenters. The van der Waals surface area contributed by atoms with Crippen molar-refractivity contribution in [3.8, 4) is 0 Å². The quantitative estimate of drug-likeness (QED) is 0.724. The second kappa shape index (κ2) is 4.98. The Balaban J connectivity index is 2.89. The molecule has 0 aliphatic rings. The van der Waals surface area contributed by atoms with Crippen LogP contribution in [0.4, 0.5) is 0 Å². The normalized spacial score (nSPS) is 12.2. The van der Waals surface area contributed by atoms with Crippen LogP contribution in [0.2, 0.25) is 5.02 Å². The van der Waals surface area contributed by atoms with Crippen molar-refractivity contribution in [3.63, 3.8) is 0 Å². The smallest absolute Gasteiger partial charge is 0.339 e. The van der Waals surface area contributed by atoms with Gasteiger partial charge in [0.05, 0.1) is 7.11 Å². The van der Waals surface area contributed by atoms with Gasteiger partial charge in [0.25, 0.3) is 0 Å². The summed E-state index contributed by atoms with van der Waals surface area (Å²) < 4.78 is 9.60. The van der Waals surface area contributed by atoms with Gasteiger partial charge in [0.2, 0.25) is 0 Å². The maximum absolute atomic E-state index is 11.2. The van der Waals surface area contributed by atoms with Crippen LogP contribution in [0.1, 0.15) is 11.7 Å². The van der Waals surface area contributed by atoms with Crippen molar-refractivity contribution in [1.82, 2.24) is 0 Å². The zero-order valence-corrected chi connectivity index (χ0v) is 8.75. The lowest BCUT2D eigenvalue weighted by Crippen LogP contribution is -2.15. The minimum atomic E-state index is -0.683. The summed E-state index contributed by atoms with van der Waals surface area (Å²) in [6.07, 6.45) is -0.683. The van der Waals surface area contributed by atoms with Crippen molar-refractivity contribution >= 4 is 17.6 Å². The number of carbonyl (C=O) groups excluding carboxylic acids is 1. The Bertz CT molecular complexity index is 308. The number of carbonyl (C=O) groups is 1. The highest BCUT2D eigenvalue weighted by atomic mass is 35.5. The summed E-state index contributed by atoms with van der Waals surface area (Å²) in [5.41, 5.74) is 0.726. The van der Waals surface area contributed by atoms with E-state index in [2.05, 4.69) is 4.74 Å². The molecule has 0 spiro atoms. The number of benzene rings is 1. The Kier molecular flexibility index (Phi) is 3.92. The van der Waals surface area contributed by atoms with Crippen LogP contribution in [0.3, 0.4) is 0 Å². The van der Waals surface area contributed by atoms with Crippen molar-refractivity contribution in [3.05, 3.63) is 34.9 Å². The molecule has 0 fully saturated rings. The molecule has 0 bridgehead atoms. The summed E-state index contributed by atoms with van der Waals surface area (Å²) in [5.74, 6) is -0.421. The fraction of sp³-hybridized carbons (Fsp3) is 0.300. The molecule has 76 valence electrons. The molecule has 0 saturated heterocycles. The van der Waals surface area contributed by atoms with Crippen LogP contribution in [-0.4, -0.2) is 20.2 Å². The lowest BCUT2D eigenvalue weighted by Gasteiger charge is -2.12. The van der Waals surface area contributed by atoms with E-state index in [-0.39, 0.29) is 0 Å². The average molecular weight is 215 g/mol. The number of methoxy groups -OCH3 is 2. The molecular weight excluding hydrogens is 204 g/mol. The predicted molar refractivity (Wildman–Crippen MR) is 53.2 cm³/mol. The van der Waals surface area contributed by atoms with E-state index < -0.39 is 12.1 Å². The minimum Gasteiger partial charge on any atom is -0.467 e. The first-order valence-corrected chi connectivity index (χ1v) is 4.43. The standard InChI is InChI=1S/C10H11ClO3/c1-13-9(10(12)14-2)7-3-5-8(11)6-4-7/h3-6,9H,1-2H3/t9-/m1/s1. The monoisotopic (exact) mass is 214 g/mol. The summed E-state index contributed by atoms with van der Waals surface area (Å²) >= 11 is 5.72. The molecule has 1 aromatic carbocycles. The lowest BCUT2D eigenvalue weighted by atomic mass is 10.1. The second-order valence-corrected chi connectivity index (χ2v) is 3.13. The van der Waals surface area contributed by atoms with Gasteiger partial charge in [-0.15, -0.1) is 0 Å². The molecule has 0 amide bonds. The molecule has 0 saturated carbocycles. The molecule has 0 radical (unpaired) electrons. The lowest BCUT2D eigenvalue weighted by molar-refractivity contribution is -0.152. The third kappa shape index (κ3) is 2.47. The van der Waals surface area contributed by atoms with E-state index in [1.54, 1.807) is 24.3 Å². The Labute approximate surface area is 87.6 Å². The van der Waals surface area contributed by atoms with Gasteiger partial charge in [-0.3, -0.25) is 0 Å². The molecule has 0 heterocycles. The Morgan fingerprint density at radius 1 is 1.29 bits per heavy atom. The van der Waals surface area contributed by atoms with Crippen molar-refractivity contribution in [2.75, 3.05) is 14.2 Å². The van der Waals surface area contributed by atoms with E-state index in [9.17, 15) is 4.79 Å². The van der Waals surface area contributed by atoms with Crippen molar-refractivity contribution in [1.29, 1.82) is 0 Å². The number of esters is 1. The molecule has 1 rings (SSSR count). The maximum Gasteiger partial charge on any atom is 0.339 e. The Morgan fingerprint density at radius 2 is 1.86 bits per heavy atom. The number of halogens is 1. The summed E-state index contributed by atoms with van der Waals surface area (Å²) in [6, 6.07) is 6.86. The Hall–Kier alpha value is -1.06. The van der Waals surface area contributed by atoms with Gasteiger partial charge >= 0.3 is 5.97 Å². The summed E-state index contributed by atoms with van der Waals surface area (Å²) in [5, 5.41) is 0.619. The van der Waals surface area contributed by atoms with Crippen molar-refractivity contribution < 1.29 is 14.3 Å². The highest BCUT2D eigenvalue weighted by Crippen LogP contribution is 2.20. The van der Waals surface area contributed by atoms with Crippen molar-refractivity contribution in [2.24, 2.45) is 0 Å². The molecule has 4 heteroatoms. The van der Waals surface area contributed by atoms with Gasteiger partial charge in [0.1, 0.15) is 0 Å². The largest absolute Gasteiger partial charge is 0.467 e. The van der Waals surface area contributed by atoms with Crippen LogP contribution >= 0.6 is 11.6 Å². The fourth-order valence-electron chi connectivity index (χ4n) is 1.11. The summed E-state index contributed by atoms with van der Waals surface area (Å²) in [4.78, 5) is 11.2. The van der Waals surface area contributed by atoms with Gasteiger partial charge in [-0.25, -0.2) is 4.79 Å². The van der Waals surface area contributed by atoms with Gasteiger partial charge in [-0.05, 0) is 17.7 Å². The maximum atomic E-state index is 11.2. The van der Waals surface area contributed by atoms with Gasteiger partial charge in [0, 0.05) is 12.1 Å². The van der Waals surface area contributed by atoms with Crippen LogP contribution in [0.5, 0.6) is 0 Å². The van der Waals surface area contributed by atoms with E-state index in [1.807, 2.05) is 0 Å². The average Bonchev–Trinajstić information content (AvgIpc) is 2.21. The summed E-state index contributed by atoms with van der Waals surface area (Å²) in [6.45, 7) is 0. The summed E-state index contributed by atoms with van der Waals surface area (Å²) in [7, 11) is 2.78. The third-order valence-electron chi connectivity index (χ3n) is 1.82. The number of rotatable bonds is 3.